The summed E-state index contributed by atoms with van der Waals surface area (Å²) in [5, 5.41) is 0. The fraction of sp³-hybridized carbons (Fsp3) is 0.462. The van der Waals surface area contributed by atoms with Crippen molar-refractivity contribution in [3.05, 3.63) is 29.6 Å². The van der Waals surface area contributed by atoms with Gasteiger partial charge in [-0.1, -0.05) is 6.07 Å². The van der Waals surface area contributed by atoms with Crippen LogP contribution >= 0.6 is 0 Å². The smallest absolute Gasteiger partial charge is 0.260 e. The van der Waals surface area contributed by atoms with E-state index in [1.165, 1.54) is 17.0 Å². The molecule has 0 radical (unpaired) electrons. The number of amides is 1. The normalized spacial score (nSPS) is 12.1. The van der Waals surface area contributed by atoms with Crippen molar-refractivity contribution < 1.29 is 13.9 Å². The SMILES string of the molecule is CCN(C)C(=O)COc1ccc([C@H](C)N)cc1F. The molecule has 0 aliphatic rings. The van der Waals surface area contributed by atoms with Crippen LogP contribution in [0, 0.1) is 5.82 Å². The fourth-order valence-electron chi connectivity index (χ4n) is 1.34. The highest BCUT2D eigenvalue weighted by molar-refractivity contribution is 5.77. The van der Waals surface area contributed by atoms with E-state index in [-0.39, 0.29) is 24.3 Å². The minimum atomic E-state index is -0.503. The second kappa shape index (κ2) is 6.35. The predicted molar refractivity (Wildman–Crippen MR) is 67.8 cm³/mol. The Balaban J connectivity index is 2.66. The number of hydrogen-bond donors (Lipinski definition) is 1. The topological polar surface area (TPSA) is 55.6 Å². The highest BCUT2D eigenvalue weighted by atomic mass is 19.1. The van der Waals surface area contributed by atoms with Gasteiger partial charge in [-0.3, -0.25) is 4.79 Å². The van der Waals surface area contributed by atoms with Crippen molar-refractivity contribution in [3.63, 3.8) is 0 Å². The quantitative estimate of drug-likeness (QED) is 0.870. The van der Waals surface area contributed by atoms with Crippen molar-refractivity contribution in [1.29, 1.82) is 0 Å². The molecule has 0 aliphatic carbocycles. The lowest BCUT2D eigenvalue weighted by atomic mass is 10.1. The van der Waals surface area contributed by atoms with Crippen LogP contribution in [0.1, 0.15) is 25.5 Å². The highest BCUT2D eigenvalue weighted by Crippen LogP contribution is 2.21. The maximum absolute atomic E-state index is 13.6. The van der Waals surface area contributed by atoms with Gasteiger partial charge in [-0.25, -0.2) is 4.39 Å². The summed E-state index contributed by atoms with van der Waals surface area (Å²) in [6.07, 6.45) is 0. The van der Waals surface area contributed by atoms with E-state index in [0.29, 0.717) is 12.1 Å². The summed E-state index contributed by atoms with van der Waals surface area (Å²) in [7, 11) is 1.67. The lowest BCUT2D eigenvalue weighted by Gasteiger charge is -2.15. The zero-order valence-corrected chi connectivity index (χ0v) is 10.9. The summed E-state index contributed by atoms with van der Waals surface area (Å²) in [6, 6.07) is 4.28. The average Bonchev–Trinajstić information content (AvgIpc) is 2.35. The van der Waals surface area contributed by atoms with E-state index in [9.17, 15) is 9.18 Å². The first-order valence-electron chi connectivity index (χ1n) is 5.87. The van der Waals surface area contributed by atoms with Crippen molar-refractivity contribution in [2.75, 3.05) is 20.2 Å². The fourth-order valence-corrected chi connectivity index (χ4v) is 1.34. The van der Waals surface area contributed by atoms with Crippen LogP contribution in [0.2, 0.25) is 0 Å². The van der Waals surface area contributed by atoms with E-state index in [0.717, 1.165) is 0 Å². The van der Waals surface area contributed by atoms with Crippen LogP contribution in [0.5, 0.6) is 5.75 Å². The highest BCUT2D eigenvalue weighted by Gasteiger charge is 2.11. The lowest BCUT2D eigenvalue weighted by molar-refractivity contribution is -0.131. The molecule has 1 rings (SSSR count). The third kappa shape index (κ3) is 3.70. The molecule has 1 atom stereocenters. The summed E-state index contributed by atoms with van der Waals surface area (Å²) in [6.45, 7) is 4.05. The number of hydrogen-bond acceptors (Lipinski definition) is 3. The van der Waals surface area contributed by atoms with Gasteiger partial charge in [0, 0.05) is 19.6 Å². The first-order chi connectivity index (χ1) is 8.45. The van der Waals surface area contributed by atoms with Crippen LogP contribution in [0.15, 0.2) is 18.2 Å². The number of halogens is 1. The van der Waals surface area contributed by atoms with Gasteiger partial charge in [-0.05, 0) is 31.5 Å². The summed E-state index contributed by atoms with van der Waals surface area (Å²) in [4.78, 5) is 13.0. The van der Waals surface area contributed by atoms with Crippen molar-refractivity contribution in [2.45, 2.75) is 19.9 Å². The predicted octanol–water partition coefficient (Wildman–Crippen LogP) is 1.70. The molecule has 0 spiro atoms. The Hall–Kier alpha value is -1.62. The van der Waals surface area contributed by atoms with Gasteiger partial charge in [0.2, 0.25) is 0 Å². The summed E-state index contributed by atoms with van der Waals surface area (Å²) >= 11 is 0. The largest absolute Gasteiger partial charge is 0.481 e. The second-order valence-corrected chi connectivity index (χ2v) is 4.18. The van der Waals surface area contributed by atoms with Crippen molar-refractivity contribution in [2.24, 2.45) is 5.73 Å². The Morgan fingerprint density at radius 2 is 2.22 bits per heavy atom. The second-order valence-electron chi connectivity index (χ2n) is 4.18. The van der Waals surface area contributed by atoms with Crippen molar-refractivity contribution in [3.8, 4) is 5.75 Å². The van der Waals surface area contributed by atoms with Gasteiger partial charge < -0.3 is 15.4 Å². The third-order valence-corrected chi connectivity index (χ3v) is 2.73. The molecule has 0 saturated heterocycles. The van der Waals surface area contributed by atoms with Gasteiger partial charge in [0.15, 0.2) is 18.2 Å². The number of ether oxygens (including phenoxy) is 1. The maximum Gasteiger partial charge on any atom is 0.260 e. The molecule has 100 valence electrons. The average molecular weight is 254 g/mol. The molecule has 1 aromatic carbocycles. The first-order valence-corrected chi connectivity index (χ1v) is 5.87. The Morgan fingerprint density at radius 1 is 1.56 bits per heavy atom. The number of nitrogens with two attached hydrogens (primary N) is 1. The molecule has 0 aromatic heterocycles. The molecule has 0 aliphatic heterocycles. The van der Waals surface area contributed by atoms with E-state index in [1.807, 2.05) is 6.92 Å². The molecule has 18 heavy (non-hydrogen) atoms. The van der Waals surface area contributed by atoms with Crippen LogP contribution in [-0.4, -0.2) is 31.0 Å². The molecule has 1 aromatic rings. The Kier molecular flexibility index (Phi) is 5.09. The molecule has 0 bridgehead atoms. The van der Waals surface area contributed by atoms with Gasteiger partial charge in [-0.2, -0.15) is 0 Å². The zero-order valence-electron chi connectivity index (χ0n) is 10.9. The van der Waals surface area contributed by atoms with Gasteiger partial charge in [0.05, 0.1) is 0 Å². The summed E-state index contributed by atoms with van der Waals surface area (Å²) < 4.78 is 18.8. The van der Waals surface area contributed by atoms with E-state index in [2.05, 4.69) is 0 Å². The third-order valence-electron chi connectivity index (χ3n) is 2.73. The van der Waals surface area contributed by atoms with E-state index in [1.54, 1.807) is 20.0 Å². The Morgan fingerprint density at radius 3 is 2.72 bits per heavy atom. The number of carbonyl (C=O) groups is 1. The lowest BCUT2D eigenvalue weighted by Crippen LogP contribution is -2.31. The molecule has 0 saturated carbocycles. The van der Waals surface area contributed by atoms with E-state index in [4.69, 9.17) is 10.5 Å². The number of likely N-dealkylation sites (N-methyl/N-ethyl adjacent to an activating group) is 1. The molecule has 2 N–H and O–H groups in total. The monoisotopic (exact) mass is 254 g/mol. The van der Waals surface area contributed by atoms with Gasteiger partial charge in [0.1, 0.15) is 0 Å². The first kappa shape index (κ1) is 14.4. The molecule has 4 nitrogen and oxygen atoms in total. The van der Waals surface area contributed by atoms with Crippen LogP contribution in [0.3, 0.4) is 0 Å². The van der Waals surface area contributed by atoms with Crippen LogP contribution in [0.25, 0.3) is 0 Å². The minimum Gasteiger partial charge on any atom is -0.481 e. The Labute approximate surface area is 107 Å². The molecule has 0 heterocycles. The van der Waals surface area contributed by atoms with Crippen LogP contribution < -0.4 is 10.5 Å². The number of nitrogens with zero attached hydrogens (tertiary/aromatic N) is 1. The number of carbonyl (C=O) groups excluding carboxylic acids is 1. The minimum absolute atomic E-state index is 0.0669. The van der Waals surface area contributed by atoms with Crippen molar-refractivity contribution >= 4 is 5.91 Å². The maximum atomic E-state index is 13.6. The van der Waals surface area contributed by atoms with Gasteiger partial charge >= 0.3 is 0 Å². The number of benzene rings is 1. The van der Waals surface area contributed by atoms with Gasteiger partial charge in [-0.15, -0.1) is 0 Å². The summed E-state index contributed by atoms with van der Waals surface area (Å²) in [5.74, 6) is -0.623. The molecule has 0 fully saturated rings. The zero-order chi connectivity index (χ0) is 13.7. The van der Waals surface area contributed by atoms with Gasteiger partial charge in [0.25, 0.3) is 5.91 Å². The Bertz CT molecular complexity index is 421. The molecule has 0 unspecified atom stereocenters. The van der Waals surface area contributed by atoms with Crippen molar-refractivity contribution in [1.82, 2.24) is 4.90 Å². The molecule has 1 amide bonds. The summed E-state index contributed by atoms with van der Waals surface area (Å²) in [5.41, 5.74) is 6.34. The molecule has 5 heteroatoms. The molecular weight excluding hydrogens is 235 g/mol. The van der Waals surface area contributed by atoms with Crippen LogP contribution in [0.4, 0.5) is 4.39 Å². The molecular formula is C13H19FN2O2. The standard InChI is InChI=1S/C13H19FN2O2/c1-4-16(3)13(17)8-18-12-6-5-10(9(2)15)7-11(12)14/h5-7,9H,4,8,15H2,1-3H3/t9-/m0/s1. The van der Waals surface area contributed by atoms with E-state index >= 15 is 0 Å². The number of rotatable bonds is 5. The van der Waals surface area contributed by atoms with E-state index < -0.39 is 5.82 Å². The van der Waals surface area contributed by atoms with Crippen LogP contribution in [-0.2, 0) is 4.79 Å².